The topological polar surface area (TPSA) is 139 Å². The Kier molecular flexibility index (Phi) is 7.62. The largest absolute Gasteiger partial charge is 0.382 e. The third-order valence-electron chi connectivity index (χ3n) is 4.99. The fourth-order valence-corrected chi connectivity index (χ4v) is 6.95. The van der Waals surface area contributed by atoms with Crippen LogP contribution in [-0.4, -0.2) is 43.9 Å². The number of carbonyl (C=O) groups excluding carboxylic acids is 1. The monoisotopic (exact) mass is 507 g/mol. The predicted octanol–water partition coefficient (Wildman–Crippen LogP) is 3.82. The minimum Gasteiger partial charge on any atom is -0.382 e. The lowest BCUT2D eigenvalue weighted by atomic mass is 10.1. The van der Waals surface area contributed by atoms with Crippen molar-refractivity contribution in [2.75, 3.05) is 25.4 Å². The van der Waals surface area contributed by atoms with Gasteiger partial charge >= 0.3 is 7.60 Å². The van der Waals surface area contributed by atoms with E-state index in [4.69, 9.17) is 5.73 Å². The first-order valence-corrected chi connectivity index (χ1v) is 13.3. The van der Waals surface area contributed by atoms with Gasteiger partial charge in [0.2, 0.25) is 0 Å². The number of aryl methyl sites for hydroxylation is 1. The lowest BCUT2D eigenvalue weighted by Crippen LogP contribution is -2.13. The van der Waals surface area contributed by atoms with Gasteiger partial charge < -0.3 is 14.8 Å². The maximum absolute atomic E-state index is 14.7. The molecule has 0 bridgehead atoms. The second-order valence-corrected chi connectivity index (χ2v) is 12.1. The number of anilines is 1. The molecule has 180 valence electrons. The number of nitrogens with zero attached hydrogens (tertiary/aromatic N) is 2. The minimum absolute atomic E-state index is 0.0729. The van der Waals surface area contributed by atoms with Gasteiger partial charge in [0, 0.05) is 26.2 Å². The molecular weight excluding hydrogens is 484 g/mol. The Balaban J connectivity index is 1.85. The average Bonchev–Trinajstić information content (AvgIpc) is 2.79. The van der Waals surface area contributed by atoms with Crippen LogP contribution in [0.25, 0.3) is 11.3 Å². The predicted molar refractivity (Wildman–Crippen MR) is 125 cm³/mol. The third-order valence-corrected chi connectivity index (χ3v) is 9.73. The van der Waals surface area contributed by atoms with Crippen LogP contribution in [0, 0.1) is 12.7 Å². The first-order chi connectivity index (χ1) is 16.0. The van der Waals surface area contributed by atoms with E-state index in [-0.39, 0.29) is 23.5 Å². The molecule has 2 N–H and O–H groups in total. The van der Waals surface area contributed by atoms with Gasteiger partial charge in [-0.25, -0.2) is 22.8 Å². The van der Waals surface area contributed by atoms with Gasteiger partial charge in [-0.2, -0.15) is 0 Å². The van der Waals surface area contributed by atoms with Crippen molar-refractivity contribution in [1.82, 2.24) is 9.97 Å². The molecule has 0 saturated heterocycles. The van der Waals surface area contributed by atoms with Crippen LogP contribution in [0.15, 0.2) is 53.6 Å². The first kappa shape index (κ1) is 25.6. The molecule has 0 unspecified atom stereocenters. The number of ketones is 1. The van der Waals surface area contributed by atoms with Crippen LogP contribution in [-0.2, 0) is 29.9 Å². The Morgan fingerprint density at radius 1 is 1.12 bits per heavy atom. The number of benzene rings is 2. The van der Waals surface area contributed by atoms with E-state index in [0.717, 1.165) is 37.5 Å². The van der Waals surface area contributed by atoms with Crippen molar-refractivity contribution < 1.29 is 31.2 Å². The molecule has 34 heavy (non-hydrogen) atoms. The zero-order valence-electron chi connectivity index (χ0n) is 18.7. The molecule has 0 aliphatic rings. The molecule has 1 aromatic heterocycles. The summed E-state index contributed by atoms with van der Waals surface area (Å²) in [6.07, 6.45) is 1.16. The van der Waals surface area contributed by atoms with E-state index in [1.165, 1.54) is 12.3 Å². The Hall–Kier alpha value is -2.98. The number of halogens is 1. The molecule has 0 amide bonds. The summed E-state index contributed by atoms with van der Waals surface area (Å²) in [7, 11) is -6.20. The third kappa shape index (κ3) is 5.74. The number of rotatable bonds is 9. The molecule has 12 heteroatoms. The molecule has 0 fully saturated rings. The Bertz CT molecular complexity index is 1370. The van der Waals surface area contributed by atoms with Crippen molar-refractivity contribution in [3.63, 3.8) is 0 Å². The van der Waals surface area contributed by atoms with E-state index in [1.54, 1.807) is 0 Å². The second-order valence-electron chi connectivity index (χ2n) is 7.44. The summed E-state index contributed by atoms with van der Waals surface area (Å²) in [5.74, 6) is -1.69. The van der Waals surface area contributed by atoms with E-state index in [1.807, 2.05) is 31.2 Å². The number of hydrogen-bond acceptors (Lipinski definition) is 9. The number of hydrogen-bond donors (Lipinski definition) is 1. The van der Waals surface area contributed by atoms with Crippen LogP contribution in [0.3, 0.4) is 0 Å². The van der Waals surface area contributed by atoms with Crippen LogP contribution in [0.1, 0.15) is 21.6 Å². The van der Waals surface area contributed by atoms with Crippen molar-refractivity contribution in [3.8, 4) is 11.3 Å². The summed E-state index contributed by atoms with van der Waals surface area (Å²) in [4.78, 5) is 20.5. The summed E-state index contributed by atoms with van der Waals surface area (Å²) in [5, 5.41) is 0. The highest BCUT2D eigenvalue weighted by Gasteiger charge is 2.33. The summed E-state index contributed by atoms with van der Waals surface area (Å²) < 4.78 is 61.1. The Morgan fingerprint density at radius 2 is 1.76 bits per heavy atom. The average molecular weight is 507 g/mol. The smallest absolute Gasteiger partial charge is 0.345 e. The number of sulfone groups is 1. The number of nitrogen functional groups attached to an aromatic ring is 1. The zero-order chi connectivity index (χ0) is 25.1. The van der Waals surface area contributed by atoms with Gasteiger partial charge in [0.05, 0.1) is 11.9 Å². The maximum Gasteiger partial charge on any atom is 0.345 e. The first-order valence-electron chi connectivity index (χ1n) is 9.92. The molecule has 9 nitrogen and oxygen atoms in total. The summed E-state index contributed by atoms with van der Waals surface area (Å²) >= 11 is 0. The molecule has 0 atom stereocenters. The highest BCUT2D eigenvalue weighted by Crippen LogP contribution is 2.48. The van der Waals surface area contributed by atoms with E-state index >= 15 is 0 Å². The van der Waals surface area contributed by atoms with E-state index < -0.39 is 39.4 Å². The van der Waals surface area contributed by atoms with Gasteiger partial charge in [0.25, 0.3) is 0 Å². The summed E-state index contributed by atoms with van der Waals surface area (Å²) in [5.41, 5.74) is 7.20. The molecule has 3 aromatic rings. The zero-order valence-corrected chi connectivity index (χ0v) is 20.4. The van der Waals surface area contributed by atoms with Crippen LogP contribution in [0.2, 0.25) is 0 Å². The second kappa shape index (κ2) is 10.1. The number of carbonyl (C=O) groups is 1. The van der Waals surface area contributed by atoms with Crippen molar-refractivity contribution in [2.24, 2.45) is 0 Å². The fraction of sp³-hybridized carbons (Fsp3) is 0.227. The Labute approximate surface area is 196 Å². The lowest BCUT2D eigenvalue weighted by molar-refractivity contribution is 0.0989. The lowest BCUT2D eigenvalue weighted by Gasteiger charge is -2.14. The molecule has 3 rings (SSSR count). The minimum atomic E-state index is -4.33. The Morgan fingerprint density at radius 3 is 2.35 bits per heavy atom. The highest BCUT2D eigenvalue weighted by molar-refractivity contribution is 7.97. The standard InChI is InChI=1S/C22H23FN3O6PS/c1-14-4-7-16(8-5-14)18-12-25-22(24)21(26-18)19(27)11-15-6-9-20(17(23)10-15)34(29,30)13-33(28,31-2)32-3/h4-10,12H,11,13H2,1-3H3,(H2,24,25). The molecule has 0 aliphatic carbocycles. The number of nitrogens with two attached hydrogens (primary N) is 1. The van der Waals surface area contributed by atoms with Crippen LogP contribution >= 0.6 is 7.60 Å². The van der Waals surface area contributed by atoms with E-state index in [2.05, 4.69) is 19.0 Å². The van der Waals surface area contributed by atoms with Gasteiger partial charge in [-0.3, -0.25) is 9.36 Å². The van der Waals surface area contributed by atoms with Gasteiger partial charge in [0.15, 0.2) is 26.9 Å². The molecule has 2 aromatic carbocycles. The van der Waals surface area contributed by atoms with Crippen molar-refractivity contribution in [2.45, 2.75) is 18.2 Å². The van der Waals surface area contributed by atoms with Gasteiger partial charge in [-0.1, -0.05) is 35.9 Å². The summed E-state index contributed by atoms with van der Waals surface area (Å²) in [6.45, 7) is 1.94. The van der Waals surface area contributed by atoms with Gasteiger partial charge in [-0.05, 0) is 24.6 Å². The van der Waals surface area contributed by atoms with Gasteiger partial charge in [-0.15, -0.1) is 0 Å². The fourth-order valence-electron chi connectivity index (χ4n) is 3.10. The molecule has 0 spiro atoms. The summed E-state index contributed by atoms with van der Waals surface area (Å²) in [6, 6.07) is 10.7. The van der Waals surface area contributed by atoms with E-state index in [0.29, 0.717) is 5.69 Å². The van der Waals surface area contributed by atoms with E-state index in [9.17, 15) is 22.2 Å². The molecule has 0 saturated carbocycles. The normalized spacial score (nSPS) is 12.0. The van der Waals surface area contributed by atoms with Crippen molar-refractivity contribution >= 4 is 29.0 Å². The molecule has 1 heterocycles. The van der Waals surface area contributed by atoms with Crippen LogP contribution in [0.5, 0.6) is 0 Å². The van der Waals surface area contributed by atoms with Gasteiger partial charge in [0.1, 0.15) is 16.4 Å². The SMILES string of the molecule is COP(=O)(CS(=O)(=O)c1ccc(CC(=O)c2nc(-c3ccc(C)cc3)cnc2N)cc1F)OC. The molecule has 0 radical (unpaired) electrons. The van der Waals surface area contributed by atoms with Crippen LogP contribution < -0.4 is 5.73 Å². The van der Waals surface area contributed by atoms with Crippen molar-refractivity contribution in [1.29, 1.82) is 0 Å². The molecular formula is C22H23FN3O6PS. The number of Topliss-reactive ketones (excluding diaryl/α,β-unsaturated/α-hetero) is 1. The molecule has 0 aliphatic heterocycles. The maximum atomic E-state index is 14.7. The number of aromatic nitrogens is 2. The van der Waals surface area contributed by atoms with Crippen LogP contribution in [0.4, 0.5) is 10.2 Å². The highest BCUT2D eigenvalue weighted by atomic mass is 32.2. The van der Waals surface area contributed by atoms with Crippen molar-refractivity contribution in [3.05, 3.63) is 71.3 Å². The quantitative estimate of drug-likeness (QED) is 0.338.